The molecule has 0 spiro atoms. The SMILES string of the molecule is CC(C)CCNC(=O)c1cc(-c2cccs2)n(C2CCS(=O)(=O)C2)n1. The summed E-state index contributed by atoms with van der Waals surface area (Å²) in [4.78, 5) is 13.4. The first-order chi connectivity index (χ1) is 11.9. The number of amides is 1. The van der Waals surface area contributed by atoms with Crippen LogP contribution in [0.4, 0.5) is 0 Å². The maximum Gasteiger partial charge on any atom is 0.271 e. The molecule has 1 saturated heterocycles. The molecule has 3 rings (SSSR count). The van der Waals surface area contributed by atoms with Crippen molar-refractivity contribution in [2.45, 2.75) is 32.7 Å². The zero-order valence-electron chi connectivity index (χ0n) is 14.4. The molecule has 0 radical (unpaired) electrons. The van der Waals surface area contributed by atoms with Crippen LogP contribution < -0.4 is 5.32 Å². The minimum absolute atomic E-state index is 0.0848. The van der Waals surface area contributed by atoms with Crippen molar-refractivity contribution in [2.24, 2.45) is 5.92 Å². The van der Waals surface area contributed by atoms with Gasteiger partial charge in [-0.1, -0.05) is 19.9 Å². The molecule has 0 bridgehead atoms. The van der Waals surface area contributed by atoms with Gasteiger partial charge in [0.25, 0.3) is 5.91 Å². The van der Waals surface area contributed by atoms with Gasteiger partial charge in [-0.2, -0.15) is 5.10 Å². The smallest absolute Gasteiger partial charge is 0.271 e. The second kappa shape index (κ2) is 7.29. The second-order valence-corrected chi connectivity index (χ2v) is 10.0. The molecule has 3 heterocycles. The van der Waals surface area contributed by atoms with E-state index in [4.69, 9.17) is 0 Å². The molecule has 25 heavy (non-hydrogen) atoms. The Morgan fingerprint density at radius 3 is 2.88 bits per heavy atom. The lowest BCUT2D eigenvalue weighted by Gasteiger charge is -2.12. The van der Waals surface area contributed by atoms with Gasteiger partial charge in [0, 0.05) is 6.54 Å². The Morgan fingerprint density at radius 2 is 2.28 bits per heavy atom. The number of nitrogens with one attached hydrogen (secondary N) is 1. The average Bonchev–Trinajstić information content (AvgIpc) is 3.24. The summed E-state index contributed by atoms with van der Waals surface area (Å²) in [6.07, 6.45) is 1.45. The van der Waals surface area contributed by atoms with E-state index in [0.29, 0.717) is 24.6 Å². The first kappa shape index (κ1) is 18.1. The zero-order valence-corrected chi connectivity index (χ0v) is 16.1. The van der Waals surface area contributed by atoms with Gasteiger partial charge in [0.1, 0.15) is 0 Å². The molecular formula is C17H23N3O3S2. The molecule has 0 aromatic carbocycles. The van der Waals surface area contributed by atoms with Crippen molar-refractivity contribution in [1.82, 2.24) is 15.1 Å². The van der Waals surface area contributed by atoms with E-state index in [9.17, 15) is 13.2 Å². The highest BCUT2D eigenvalue weighted by molar-refractivity contribution is 7.91. The molecule has 1 atom stereocenters. The van der Waals surface area contributed by atoms with Crippen molar-refractivity contribution in [3.63, 3.8) is 0 Å². The zero-order chi connectivity index (χ0) is 18.0. The monoisotopic (exact) mass is 381 g/mol. The quantitative estimate of drug-likeness (QED) is 0.834. The van der Waals surface area contributed by atoms with Gasteiger partial charge < -0.3 is 5.32 Å². The van der Waals surface area contributed by atoms with Crippen LogP contribution in [-0.2, 0) is 9.84 Å². The predicted octanol–water partition coefficient (Wildman–Crippen LogP) is 2.75. The summed E-state index contributed by atoms with van der Waals surface area (Å²) < 4.78 is 25.4. The van der Waals surface area contributed by atoms with E-state index in [2.05, 4.69) is 24.3 Å². The molecule has 1 fully saturated rings. The van der Waals surface area contributed by atoms with E-state index in [1.54, 1.807) is 22.1 Å². The largest absolute Gasteiger partial charge is 0.351 e. The molecule has 8 heteroatoms. The number of rotatable bonds is 6. The number of thiophene rings is 1. The summed E-state index contributed by atoms with van der Waals surface area (Å²) in [6.45, 7) is 4.82. The van der Waals surface area contributed by atoms with E-state index in [1.807, 2.05) is 17.5 Å². The lowest BCUT2D eigenvalue weighted by atomic mass is 10.1. The van der Waals surface area contributed by atoms with Gasteiger partial charge in [-0.05, 0) is 36.3 Å². The molecule has 2 aromatic rings. The fourth-order valence-corrected chi connectivity index (χ4v) is 5.35. The predicted molar refractivity (Wildman–Crippen MR) is 99.6 cm³/mol. The lowest BCUT2D eigenvalue weighted by Crippen LogP contribution is -2.26. The van der Waals surface area contributed by atoms with Crippen LogP contribution in [0, 0.1) is 5.92 Å². The van der Waals surface area contributed by atoms with Crippen LogP contribution in [-0.4, -0.2) is 42.2 Å². The van der Waals surface area contributed by atoms with Gasteiger partial charge >= 0.3 is 0 Å². The first-order valence-corrected chi connectivity index (χ1v) is 11.2. The average molecular weight is 382 g/mol. The highest BCUT2D eigenvalue weighted by Gasteiger charge is 2.32. The number of sulfone groups is 1. The maximum atomic E-state index is 12.4. The molecule has 0 aliphatic carbocycles. The van der Waals surface area contributed by atoms with Crippen LogP contribution in [0.2, 0.25) is 0 Å². The van der Waals surface area contributed by atoms with Crippen molar-refractivity contribution in [1.29, 1.82) is 0 Å². The Morgan fingerprint density at radius 1 is 1.48 bits per heavy atom. The van der Waals surface area contributed by atoms with Gasteiger partial charge in [-0.3, -0.25) is 9.48 Å². The van der Waals surface area contributed by atoms with Crippen LogP contribution in [0.5, 0.6) is 0 Å². The summed E-state index contributed by atoms with van der Waals surface area (Å²) >= 11 is 1.55. The Bertz CT molecular complexity index is 839. The summed E-state index contributed by atoms with van der Waals surface area (Å²) in [6, 6.07) is 5.45. The van der Waals surface area contributed by atoms with Crippen molar-refractivity contribution >= 4 is 27.1 Å². The number of nitrogens with zero attached hydrogens (tertiary/aromatic N) is 2. The van der Waals surface area contributed by atoms with E-state index < -0.39 is 9.84 Å². The number of carbonyl (C=O) groups is 1. The molecule has 2 aromatic heterocycles. The first-order valence-electron chi connectivity index (χ1n) is 8.48. The van der Waals surface area contributed by atoms with E-state index in [-0.39, 0.29) is 23.5 Å². The Kier molecular flexibility index (Phi) is 5.29. The normalized spacial score (nSPS) is 19.4. The van der Waals surface area contributed by atoms with Gasteiger partial charge in [-0.15, -0.1) is 11.3 Å². The molecule has 0 saturated carbocycles. The summed E-state index contributed by atoms with van der Waals surface area (Å²) in [5, 5.41) is 9.31. The standard InChI is InChI=1S/C17H23N3O3S2/c1-12(2)5-7-18-17(21)14-10-15(16-4-3-8-24-16)20(19-14)13-6-9-25(22,23)11-13/h3-4,8,10,12-13H,5-7,9,11H2,1-2H3,(H,18,21). The molecule has 1 N–H and O–H groups in total. The van der Waals surface area contributed by atoms with Crippen molar-refractivity contribution in [3.8, 4) is 10.6 Å². The molecule has 1 aliphatic rings. The Labute approximate surface area is 152 Å². The van der Waals surface area contributed by atoms with Crippen molar-refractivity contribution in [2.75, 3.05) is 18.1 Å². The summed E-state index contributed by atoms with van der Waals surface area (Å²) in [5.74, 6) is 0.569. The molecule has 1 amide bonds. The van der Waals surface area contributed by atoms with E-state index in [1.165, 1.54) is 0 Å². The summed E-state index contributed by atoms with van der Waals surface area (Å²) in [5.41, 5.74) is 1.16. The molecule has 1 aliphatic heterocycles. The third-order valence-corrected chi connectivity index (χ3v) is 6.95. The summed E-state index contributed by atoms with van der Waals surface area (Å²) in [7, 11) is -3.02. The maximum absolute atomic E-state index is 12.4. The van der Waals surface area contributed by atoms with Crippen molar-refractivity contribution < 1.29 is 13.2 Å². The minimum atomic E-state index is -3.02. The third-order valence-electron chi connectivity index (χ3n) is 4.30. The van der Waals surface area contributed by atoms with Gasteiger partial charge in [-0.25, -0.2) is 8.42 Å². The number of aromatic nitrogens is 2. The van der Waals surface area contributed by atoms with Crippen LogP contribution in [0.15, 0.2) is 23.6 Å². The van der Waals surface area contributed by atoms with Crippen LogP contribution in [0.25, 0.3) is 10.6 Å². The fraction of sp³-hybridized carbons (Fsp3) is 0.529. The molecule has 1 unspecified atom stereocenters. The van der Waals surface area contributed by atoms with Crippen LogP contribution >= 0.6 is 11.3 Å². The Hall–Kier alpha value is -1.67. The topological polar surface area (TPSA) is 81.1 Å². The van der Waals surface area contributed by atoms with Crippen molar-refractivity contribution in [3.05, 3.63) is 29.3 Å². The number of carbonyl (C=O) groups excluding carboxylic acids is 1. The third kappa shape index (κ3) is 4.30. The Balaban J connectivity index is 1.86. The lowest BCUT2D eigenvalue weighted by molar-refractivity contribution is 0.0946. The fourth-order valence-electron chi connectivity index (χ4n) is 2.93. The van der Waals surface area contributed by atoms with Gasteiger partial charge in [0.05, 0.1) is 28.1 Å². The minimum Gasteiger partial charge on any atom is -0.351 e. The van der Waals surface area contributed by atoms with Crippen LogP contribution in [0.1, 0.15) is 43.2 Å². The molecule has 6 nitrogen and oxygen atoms in total. The van der Waals surface area contributed by atoms with Crippen LogP contribution in [0.3, 0.4) is 0 Å². The highest BCUT2D eigenvalue weighted by atomic mass is 32.2. The molecule has 136 valence electrons. The van der Waals surface area contributed by atoms with Gasteiger partial charge in [0.2, 0.25) is 0 Å². The van der Waals surface area contributed by atoms with E-state index >= 15 is 0 Å². The second-order valence-electron chi connectivity index (χ2n) is 6.83. The number of hydrogen-bond donors (Lipinski definition) is 1. The number of hydrogen-bond acceptors (Lipinski definition) is 5. The van der Waals surface area contributed by atoms with Gasteiger partial charge in [0.15, 0.2) is 15.5 Å². The molecular weight excluding hydrogens is 358 g/mol. The van der Waals surface area contributed by atoms with E-state index in [0.717, 1.165) is 17.0 Å². The highest BCUT2D eigenvalue weighted by Crippen LogP contribution is 2.32.